The van der Waals surface area contributed by atoms with Crippen molar-refractivity contribution in [1.29, 1.82) is 0 Å². The number of hydrogen-bond donors (Lipinski definition) is 0. The largest absolute Gasteiger partial charge is 0.462 e. The van der Waals surface area contributed by atoms with Crippen molar-refractivity contribution in [2.75, 3.05) is 13.2 Å². The fourth-order valence-corrected chi connectivity index (χ4v) is 7.56. The summed E-state index contributed by atoms with van der Waals surface area (Å²) < 4.78 is 16.8. The zero-order valence-electron chi connectivity index (χ0n) is 50.0. The summed E-state index contributed by atoms with van der Waals surface area (Å²) in [6.45, 7) is 6.20. The third-order valence-electron chi connectivity index (χ3n) is 12.1. The van der Waals surface area contributed by atoms with Crippen LogP contribution in [0.4, 0.5) is 0 Å². The topological polar surface area (TPSA) is 78.9 Å². The van der Waals surface area contributed by atoms with E-state index in [1.807, 2.05) is 0 Å². The quantitative estimate of drug-likeness (QED) is 0.0261. The second kappa shape index (κ2) is 64.8. The van der Waals surface area contributed by atoms with Crippen molar-refractivity contribution in [1.82, 2.24) is 0 Å². The van der Waals surface area contributed by atoms with Crippen LogP contribution in [0.3, 0.4) is 0 Å². The smallest absolute Gasteiger partial charge is 0.306 e. The third-order valence-corrected chi connectivity index (χ3v) is 12.1. The zero-order valence-corrected chi connectivity index (χ0v) is 50.0. The van der Waals surface area contributed by atoms with E-state index in [9.17, 15) is 14.4 Å². The Kier molecular flexibility index (Phi) is 60.1. The van der Waals surface area contributed by atoms with E-state index in [1.165, 1.54) is 0 Å². The molecular formula is C73H110O6. The van der Waals surface area contributed by atoms with Gasteiger partial charge in [0.25, 0.3) is 0 Å². The predicted molar refractivity (Wildman–Crippen MR) is 343 cm³/mol. The van der Waals surface area contributed by atoms with Gasteiger partial charge >= 0.3 is 17.9 Å². The Balaban J connectivity index is 4.50. The van der Waals surface area contributed by atoms with E-state index in [0.29, 0.717) is 19.3 Å². The average molecular weight is 1080 g/mol. The Morgan fingerprint density at radius 1 is 0.253 bits per heavy atom. The molecule has 0 rings (SSSR count). The first-order valence-electron chi connectivity index (χ1n) is 30.9. The number of carbonyl (C=O) groups is 3. The van der Waals surface area contributed by atoms with Gasteiger partial charge in [-0.15, -0.1) is 0 Å². The van der Waals surface area contributed by atoms with Gasteiger partial charge in [-0.25, -0.2) is 0 Å². The molecule has 0 aromatic rings. The van der Waals surface area contributed by atoms with Crippen LogP contribution in [0.2, 0.25) is 0 Å². The molecule has 0 spiro atoms. The van der Waals surface area contributed by atoms with Gasteiger partial charge in [0.05, 0.1) is 0 Å². The van der Waals surface area contributed by atoms with Gasteiger partial charge in [0.15, 0.2) is 6.10 Å². The predicted octanol–water partition coefficient (Wildman–Crippen LogP) is 21.4. The van der Waals surface area contributed by atoms with E-state index in [-0.39, 0.29) is 37.5 Å². The summed E-state index contributed by atoms with van der Waals surface area (Å²) in [5, 5.41) is 0. The van der Waals surface area contributed by atoms with E-state index in [2.05, 4.69) is 215 Å². The molecule has 6 heteroatoms. The molecule has 1 unspecified atom stereocenters. The fraction of sp³-hybridized carbons (Fsp3) is 0.521. The fourth-order valence-electron chi connectivity index (χ4n) is 7.56. The molecule has 0 aliphatic rings. The maximum absolute atomic E-state index is 12.9. The van der Waals surface area contributed by atoms with Crippen LogP contribution in [0.25, 0.3) is 0 Å². The highest BCUT2D eigenvalue weighted by atomic mass is 16.6. The van der Waals surface area contributed by atoms with Crippen molar-refractivity contribution in [2.45, 2.75) is 232 Å². The highest BCUT2D eigenvalue weighted by Gasteiger charge is 2.19. The third kappa shape index (κ3) is 63.0. The van der Waals surface area contributed by atoms with Crippen LogP contribution in [-0.2, 0) is 28.6 Å². The Bertz CT molecular complexity index is 1920. The van der Waals surface area contributed by atoms with Gasteiger partial charge in [-0.3, -0.25) is 14.4 Å². The lowest BCUT2D eigenvalue weighted by molar-refractivity contribution is -0.167. The Morgan fingerprint density at radius 2 is 0.456 bits per heavy atom. The molecule has 6 nitrogen and oxygen atoms in total. The Hall–Kier alpha value is -5.75. The Morgan fingerprint density at radius 3 is 0.709 bits per heavy atom. The van der Waals surface area contributed by atoms with E-state index in [1.54, 1.807) is 0 Å². The number of hydrogen-bond acceptors (Lipinski definition) is 6. The van der Waals surface area contributed by atoms with Crippen LogP contribution in [0.5, 0.6) is 0 Å². The number of allylic oxidation sites excluding steroid dienone is 32. The molecule has 0 amide bonds. The monoisotopic (exact) mass is 1080 g/mol. The highest BCUT2D eigenvalue weighted by molar-refractivity contribution is 5.71. The van der Waals surface area contributed by atoms with Crippen LogP contribution >= 0.6 is 0 Å². The summed E-state index contributed by atoms with van der Waals surface area (Å²) in [5.74, 6) is -1.02. The molecule has 0 aromatic carbocycles. The first-order valence-corrected chi connectivity index (χ1v) is 30.9. The number of carbonyl (C=O) groups excluding carboxylic acids is 3. The van der Waals surface area contributed by atoms with Crippen LogP contribution in [0, 0.1) is 0 Å². The molecule has 0 radical (unpaired) electrons. The lowest BCUT2D eigenvalue weighted by Crippen LogP contribution is -2.30. The molecule has 0 saturated heterocycles. The van der Waals surface area contributed by atoms with Crippen molar-refractivity contribution < 1.29 is 28.6 Å². The van der Waals surface area contributed by atoms with Crippen LogP contribution in [0.1, 0.15) is 226 Å². The van der Waals surface area contributed by atoms with Crippen molar-refractivity contribution >= 4 is 17.9 Å². The minimum Gasteiger partial charge on any atom is -0.462 e. The molecule has 0 N–H and O–H groups in total. The van der Waals surface area contributed by atoms with Crippen LogP contribution in [-0.4, -0.2) is 37.2 Å². The first-order chi connectivity index (χ1) is 39.0. The van der Waals surface area contributed by atoms with E-state index in [0.717, 1.165) is 180 Å². The average Bonchev–Trinajstić information content (AvgIpc) is 3.45. The van der Waals surface area contributed by atoms with Crippen molar-refractivity contribution in [3.8, 4) is 0 Å². The summed E-state index contributed by atoms with van der Waals surface area (Å²) in [7, 11) is 0. The van der Waals surface area contributed by atoms with Gasteiger partial charge in [-0.2, -0.15) is 0 Å². The van der Waals surface area contributed by atoms with Crippen molar-refractivity contribution in [2.24, 2.45) is 0 Å². The standard InChI is InChI=1S/C73H110O6/c1-4-7-10-13-16-19-22-25-27-29-31-32-33-34-35-36-37-38-39-40-42-43-45-48-51-54-57-60-63-66-72(75)78-69-70(68-77-71(74)65-62-59-56-53-50-47-24-21-18-15-12-9-6-3)79-73(76)67-64-61-58-55-52-49-46-44-41-30-28-26-23-20-17-14-11-8-5-2/h7-12,16-21,25-28,31-32,34-35,37-38,40-42,44-45,47-50,52,70H,4-6,13-15,22-24,29-30,33,36,39,43,46,51,53-69H2,1-3H3/b10-7-,11-8-,12-9-,19-16-,20-17-,21-18-,27-25-,28-26-,32-31-,35-34-,38-37-,42-40-,44-41-,48-45-,50-47-,52-49-. The van der Waals surface area contributed by atoms with E-state index in [4.69, 9.17) is 14.2 Å². The maximum atomic E-state index is 12.9. The van der Waals surface area contributed by atoms with Gasteiger partial charge in [-0.05, 0) is 161 Å². The number of esters is 3. The molecule has 0 bridgehead atoms. The molecule has 1 atom stereocenters. The molecule has 0 aliphatic heterocycles. The second-order valence-corrected chi connectivity index (χ2v) is 19.5. The summed E-state index contributed by atoms with van der Waals surface area (Å²) in [6, 6.07) is 0. The van der Waals surface area contributed by atoms with Crippen molar-refractivity contribution in [3.63, 3.8) is 0 Å². The molecular weight excluding hydrogens is 973 g/mol. The van der Waals surface area contributed by atoms with Crippen LogP contribution < -0.4 is 0 Å². The molecule has 79 heavy (non-hydrogen) atoms. The SMILES string of the molecule is CC/C=C\C/C=C\C/C=C\C/C=C\C/C=C\C/C=C\C/C=C\C/C=C\CCCCCCC(=O)OCC(COC(=O)CCCCC/C=C\C/C=C\C/C=C\CC)OC(=O)CCCCC/C=C\C/C=C\C/C=C\C/C=C\C/C=C\CC. The lowest BCUT2D eigenvalue weighted by atomic mass is 10.1. The molecule has 0 aliphatic carbocycles. The summed E-state index contributed by atoms with van der Waals surface area (Å²) >= 11 is 0. The van der Waals surface area contributed by atoms with Gasteiger partial charge in [0.1, 0.15) is 13.2 Å². The van der Waals surface area contributed by atoms with Gasteiger partial charge < -0.3 is 14.2 Å². The zero-order chi connectivity index (χ0) is 57.1. The summed E-state index contributed by atoms with van der Waals surface area (Å²) in [4.78, 5) is 38.2. The maximum Gasteiger partial charge on any atom is 0.306 e. The second-order valence-electron chi connectivity index (χ2n) is 19.5. The number of ether oxygens (including phenoxy) is 3. The molecule has 0 saturated carbocycles. The summed E-state index contributed by atoms with van der Waals surface area (Å²) in [6.07, 6.45) is 98.6. The van der Waals surface area contributed by atoms with Crippen molar-refractivity contribution in [3.05, 3.63) is 194 Å². The molecule has 0 fully saturated rings. The lowest BCUT2D eigenvalue weighted by Gasteiger charge is -2.18. The van der Waals surface area contributed by atoms with Gasteiger partial charge in [0, 0.05) is 19.3 Å². The van der Waals surface area contributed by atoms with E-state index >= 15 is 0 Å². The number of unbranched alkanes of at least 4 members (excludes halogenated alkanes) is 10. The first kappa shape index (κ1) is 73.2. The molecule has 0 aromatic heterocycles. The normalized spacial score (nSPS) is 13.5. The molecule has 438 valence electrons. The minimum absolute atomic E-state index is 0.125. The van der Waals surface area contributed by atoms with Gasteiger partial charge in [-0.1, -0.05) is 241 Å². The van der Waals surface area contributed by atoms with Gasteiger partial charge in [0.2, 0.25) is 0 Å². The van der Waals surface area contributed by atoms with Crippen LogP contribution in [0.15, 0.2) is 194 Å². The van der Waals surface area contributed by atoms with E-state index < -0.39 is 6.10 Å². The summed E-state index contributed by atoms with van der Waals surface area (Å²) in [5.41, 5.74) is 0. The minimum atomic E-state index is -0.832. The highest BCUT2D eigenvalue weighted by Crippen LogP contribution is 2.12. The Labute approximate surface area is 484 Å². The molecule has 0 heterocycles. The number of rotatable bonds is 53.